The number of hydrogen-bond acceptors (Lipinski definition) is 6. The van der Waals surface area contributed by atoms with Gasteiger partial charge in [0.1, 0.15) is 17.3 Å². The number of aromatic nitrogens is 1. The van der Waals surface area contributed by atoms with Crippen molar-refractivity contribution in [3.8, 4) is 11.5 Å². The van der Waals surface area contributed by atoms with Crippen molar-refractivity contribution in [1.82, 2.24) is 9.88 Å². The zero-order valence-corrected chi connectivity index (χ0v) is 19.6. The van der Waals surface area contributed by atoms with E-state index in [9.17, 15) is 14.7 Å². The van der Waals surface area contributed by atoms with Gasteiger partial charge in [0.05, 0.1) is 42.5 Å². The molecule has 2 aromatic carbocycles. The maximum absolute atomic E-state index is 13.2. The van der Waals surface area contributed by atoms with E-state index in [1.54, 1.807) is 67.9 Å². The number of pyridine rings is 1. The fraction of sp³-hybridized carbons (Fsp3) is 0.160. The number of likely N-dealkylation sites (tertiary alicyclic amines) is 1. The van der Waals surface area contributed by atoms with Gasteiger partial charge in [-0.2, -0.15) is 0 Å². The third-order valence-corrected chi connectivity index (χ3v) is 6.05. The summed E-state index contributed by atoms with van der Waals surface area (Å²) < 4.78 is 11.2. The van der Waals surface area contributed by atoms with Crippen LogP contribution in [-0.2, 0) is 16.1 Å². The largest absolute Gasteiger partial charge is 0.507 e. The molecule has 0 bridgehead atoms. The van der Waals surface area contributed by atoms with E-state index in [1.165, 1.54) is 12.0 Å². The summed E-state index contributed by atoms with van der Waals surface area (Å²) in [6.07, 6.45) is 1.63. The highest BCUT2D eigenvalue weighted by molar-refractivity contribution is 9.10. The lowest BCUT2D eigenvalue weighted by molar-refractivity contribution is -0.140. The fourth-order valence-corrected chi connectivity index (χ4v) is 4.38. The lowest BCUT2D eigenvalue weighted by atomic mass is 9.95. The minimum atomic E-state index is -0.817. The summed E-state index contributed by atoms with van der Waals surface area (Å²) in [5.41, 5.74) is 1.64. The Hall–Kier alpha value is -3.65. The summed E-state index contributed by atoms with van der Waals surface area (Å²) >= 11 is 3.40. The predicted molar refractivity (Wildman–Crippen MR) is 126 cm³/mol. The van der Waals surface area contributed by atoms with Gasteiger partial charge in [-0.3, -0.25) is 14.6 Å². The summed E-state index contributed by atoms with van der Waals surface area (Å²) in [7, 11) is 3.07. The number of Topliss-reactive ketones (excluding diaryl/α,β-unsaturated/α-hetero) is 1. The molecule has 8 heteroatoms. The summed E-state index contributed by atoms with van der Waals surface area (Å²) in [5, 5.41) is 11.2. The number of ketones is 1. The van der Waals surface area contributed by atoms with E-state index in [0.29, 0.717) is 32.8 Å². The van der Waals surface area contributed by atoms with Crippen LogP contribution in [0.3, 0.4) is 0 Å². The standard InChI is InChI=1S/C25H21BrN2O5/c1-32-18-8-5-6-15(12-18)22-21(23(29)16-9-10-20(33-2)19(26)13-16)24(30)25(31)28(22)14-17-7-3-4-11-27-17/h3-13,22,29H,14H2,1-2H3/b23-21-. The molecule has 1 N–H and O–H groups in total. The van der Waals surface area contributed by atoms with Crippen LogP contribution >= 0.6 is 15.9 Å². The van der Waals surface area contributed by atoms with Crippen molar-refractivity contribution in [2.45, 2.75) is 12.6 Å². The molecule has 1 aromatic heterocycles. The fourth-order valence-electron chi connectivity index (χ4n) is 3.84. The van der Waals surface area contributed by atoms with Crippen molar-refractivity contribution in [2.24, 2.45) is 0 Å². The van der Waals surface area contributed by atoms with E-state index in [4.69, 9.17) is 9.47 Å². The molecule has 168 valence electrons. The molecule has 0 saturated carbocycles. The van der Waals surface area contributed by atoms with Crippen LogP contribution in [0.1, 0.15) is 22.9 Å². The number of amides is 1. The molecular weight excluding hydrogens is 488 g/mol. The van der Waals surface area contributed by atoms with Gasteiger partial charge < -0.3 is 19.5 Å². The summed E-state index contributed by atoms with van der Waals surface area (Å²) in [6, 6.07) is 16.6. The Morgan fingerprint density at radius 1 is 1.06 bits per heavy atom. The second-order valence-electron chi connectivity index (χ2n) is 7.37. The number of carbonyl (C=O) groups is 2. The Kier molecular flexibility index (Phi) is 6.46. The highest BCUT2D eigenvalue weighted by atomic mass is 79.9. The average molecular weight is 509 g/mol. The van der Waals surface area contributed by atoms with E-state index in [1.807, 2.05) is 6.07 Å². The van der Waals surface area contributed by atoms with Gasteiger partial charge in [0, 0.05) is 11.8 Å². The first kappa shape index (κ1) is 22.5. The first-order valence-electron chi connectivity index (χ1n) is 10.1. The van der Waals surface area contributed by atoms with Gasteiger partial charge in [-0.05, 0) is 64.0 Å². The third-order valence-electron chi connectivity index (χ3n) is 5.43. The molecule has 1 aliphatic heterocycles. The summed E-state index contributed by atoms with van der Waals surface area (Å²) in [4.78, 5) is 32.0. The van der Waals surface area contributed by atoms with Gasteiger partial charge in [0.15, 0.2) is 0 Å². The van der Waals surface area contributed by atoms with Crippen LogP contribution < -0.4 is 9.47 Å². The van der Waals surface area contributed by atoms with Crippen molar-refractivity contribution in [2.75, 3.05) is 14.2 Å². The van der Waals surface area contributed by atoms with Crippen molar-refractivity contribution in [3.05, 3.63) is 93.7 Å². The number of halogens is 1. The number of methoxy groups -OCH3 is 2. The molecule has 1 fully saturated rings. The quantitative estimate of drug-likeness (QED) is 0.300. The number of aliphatic hydroxyl groups is 1. The Morgan fingerprint density at radius 3 is 2.55 bits per heavy atom. The summed E-state index contributed by atoms with van der Waals surface area (Å²) in [5.74, 6) is -0.589. The molecular formula is C25H21BrN2O5. The number of benzene rings is 2. The van der Waals surface area contributed by atoms with Crippen LogP contribution in [0.5, 0.6) is 11.5 Å². The van der Waals surface area contributed by atoms with Gasteiger partial charge in [-0.25, -0.2) is 0 Å². The molecule has 1 saturated heterocycles. The highest BCUT2D eigenvalue weighted by Gasteiger charge is 2.46. The molecule has 7 nitrogen and oxygen atoms in total. The van der Waals surface area contributed by atoms with Crippen LogP contribution in [-0.4, -0.2) is 40.9 Å². The third kappa shape index (κ3) is 4.34. The normalized spacial score (nSPS) is 17.3. The maximum Gasteiger partial charge on any atom is 0.296 e. The molecule has 1 unspecified atom stereocenters. The van der Waals surface area contributed by atoms with Crippen LogP contribution in [0.15, 0.2) is 76.9 Å². The predicted octanol–water partition coefficient (Wildman–Crippen LogP) is 4.48. The molecule has 0 aliphatic carbocycles. The van der Waals surface area contributed by atoms with E-state index in [-0.39, 0.29) is 17.9 Å². The monoisotopic (exact) mass is 508 g/mol. The zero-order chi connectivity index (χ0) is 23.5. The Bertz CT molecular complexity index is 1240. The maximum atomic E-state index is 13.2. The van der Waals surface area contributed by atoms with Crippen molar-refractivity contribution < 1.29 is 24.2 Å². The topological polar surface area (TPSA) is 89.0 Å². The zero-order valence-electron chi connectivity index (χ0n) is 18.0. The van der Waals surface area contributed by atoms with Crippen molar-refractivity contribution in [3.63, 3.8) is 0 Å². The minimum Gasteiger partial charge on any atom is -0.507 e. The second kappa shape index (κ2) is 9.46. The van der Waals surface area contributed by atoms with Crippen LogP contribution in [0.25, 0.3) is 5.76 Å². The van der Waals surface area contributed by atoms with E-state index in [0.717, 1.165) is 0 Å². The van der Waals surface area contributed by atoms with E-state index in [2.05, 4.69) is 20.9 Å². The second-order valence-corrected chi connectivity index (χ2v) is 8.23. The van der Waals surface area contributed by atoms with Gasteiger partial charge >= 0.3 is 0 Å². The number of carbonyl (C=O) groups excluding carboxylic acids is 2. The molecule has 0 spiro atoms. The number of rotatable bonds is 6. The van der Waals surface area contributed by atoms with Gasteiger partial charge in [0.2, 0.25) is 0 Å². The van der Waals surface area contributed by atoms with Gasteiger partial charge in [-0.15, -0.1) is 0 Å². The number of ether oxygens (including phenoxy) is 2. The van der Waals surface area contributed by atoms with E-state index >= 15 is 0 Å². The SMILES string of the molecule is COc1cccc(C2/C(=C(/O)c3ccc(OC)c(Br)c3)C(=O)C(=O)N2Cc2ccccn2)c1. The minimum absolute atomic E-state index is 0.00116. The molecule has 3 aromatic rings. The average Bonchev–Trinajstić information content (AvgIpc) is 3.09. The molecule has 33 heavy (non-hydrogen) atoms. The molecule has 4 rings (SSSR count). The van der Waals surface area contributed by atoms with Gasteiger partial charge in [0.25, 0.3) is 11.7 Å². The molecule has 0 radical (unpaired) electrons. The Balaban J connectivity index is 1.88. The molecule has 2 heterocycles. The van der Waals surface area contributed by atoms with E-state index < -0.39 is 17.7 Å². The number of hydrogen-bond donors (Lipinski definition) is 1. The summed E-state index contributed by atoms with van der Waals surface area (Å²) in [6.45, 7) is 0.108. The number of nitrogens with zero attached hydrogens (tertiary/aromatic N) is 2. The van der Waals surface area contributed by atoms with Crippen LogP contribution in [0.2, 0.25) is 0 Å². The first-order chi connectivity index (χ1) is 15.9. The Labute approximate surface area is 199 Å². The smallest absolute Gasteiger partial charge is 0.296 e. The first-order valence-corrected chi connectivity index (χ1v) is 10.9. The van der Waals surface area contributed by atoms with Crippen LogP contribution in [0.4, 0.5) is 0 Å². The van der Waals surface area contributed by atoms with Gasteiger partial charge in [-0.1, -0.05) is 18.2 Å². The molecule has 1 amide bonds. The Morgan fingerprint density at radius 2 is 1.88 bits per heavy atom. The van der Waals surface area contributed by atoms with Crippen LogP contribution in [0, 0.1) is 0 Å². The molecule has 1 atom stereocenters. The highest BCUT2D eigenvalue weighted by Crippen LogP contribution is 2.41. The lowest BCUT2D eigenvalue weighted by Crippen LogP contribution is -2.29. The lowest BCUT2D eigenvalue weighted by Gasteiger charge is -2.25. The van der Waals surface area contributed by atoms with Crippen molar-refractivity contribution in [1.29, 1.82) is 0 Å². The number of aliphatic hydroxyl groups excluding tert-OH is 1. The molecule has 1 aliphatic rings. The van der Waals surface area contributed by atoms with Crippen molar-refractivity contribution >= 4 is 33.4 Å².